The lowest BCUT2D eigenvalue weighted by Crippen LogP contribution is -2.26. The second-order valence-electron chi connectivity index (χ2n) is 3.34. The summed E-state index contributed by atoms with van der Waals surface area (Å²) in [5.74, 6) is 0.894. The smallest absolute Gasteiger partial charge is 0.222 e. The molecule has 1 amide bonds. The first-order chi connectivity index (χ1) is 5.07. The van der Waals surface area contributed by atoms with Gasteiger partial charge in [0.05, 0.1) is 0 Å². The molecule has 0 N–H and O–H groups in total. The Kier molecular flexibility index (Phi) is 4.92. The summed E-state index contributed by atoms with van der Waals surface area (Å²) in [7, 11) is 1.85. The Labute approximate surface area is 69.6 Å². The van der Waals surface area contributed by atoms with Crippen LogP contribution in [0.15, 0.2) is 0 Å². The fourth-order valence-electron chi connectivity index (χ4n) is 0.779. The molecule has 0 fully saturated rings. The van der Waals surface area contributed by atoms with Crippen molar-refractivity contribution in [1.29, 1.82) is 0 Å². The third-order valence-corrected chi connectivity index (χ3v) is 1.84. The van der Waals surface area contributed by atoms with Crippen molar-refractivity contribution in [3.8, 4) is 0 Å². The molecule has 2 heteroatoms. The van der Waals surface area contributed by atoms with Crippen molar-refractivity contribution >= 4 is 5.91 Å². The Morgan fingerprint density at radius 1 is 1.45 bits per heavy atom. The van der Waals surface area contributed by atoms with Crippen LogP contribution in [0, 0.1) is 5.92 Å². The highest BCUT2D eigenvalue weighted by molar-refractivity contribution is 5.75. The Bertz CT molecular complexity index is 121. The molecule has 0 radical (unpaired) electrons. The quantitative estimate of drug-likeness (QED) is 0.610. The van der Waals surface area contributed by atoms with Gasteiger partial charge in [-0.25, -0.2) is 0 Å². The van der Waals surface area contributed by atoms with Crippen LogP contribution in [0.2, 0.25) is 0 Å². The molecule has 0 atom stereocenters. The Morgan fingerprint density at radius 3 is 2.36 bits per heavy atom. The zero-order valence-corrected chi connectivity index (χ0v) is 8.05. The molecule has 0 aliphatic carbocycles. The van der Waals surface area contributed by atoms with Crippen molar-refractivity contribution in [2.24, 2.45) is 5.92 Å². The highest BCUT2D eigenvalue weighted by Gasteiger charge is 2.06. The molecule has 2 nitrogen and oxygen atoms in total. The van der Waals surface area contributed by atoms with E-state index >= 15 is 0 Å². The highest BCUT2D eigenvalue weighted by Crippen LogP contribution is 2.04. The van der Waals surface area contributed by atoms with Gasteiger partial charge in [0.15, 0.2) is 0 Å². The van der Waals surface area contributed by atoms with Crippen LogP contribution < -0.4 is 0 Å². The average molecular weight is 157 g/mol. The molecule has 0 saturated heterocycles. The van der Waals surface area contributed by atoms with Crippen LogP contribution in [0.1, 0.15) is 33.6 Å². The molecule has 0 rings (SSSR count). The summed E-state index contributed by atoms with van der Waals surface area (Å²) < 4.78 is 0. The minimum absolute atomic E-state index is 0.265. The second kappa shape index (κ2) is 5.16. The summed E-state index contributed by atoms with van der Waals surface area (Å²) in [4.78, 5) is 13.0. The lowest BCUT2D eigenvalue weighted by atomic mass is 10.1. The maximum atomic E-state index is 11.2. The van der Waals surface area contributed by atoms with Gasteiger partial charge in [-0.15, -0.1) is 0 Å². The first kappa shape index (κ1) is 10.5. The number of hydrogen-bond acceptors (Lipinski definition) is 1. The van der Waals surface area contributed by atoms with Gasteiger partial charge < -0.3 is 4.90 Å². The number of rotatable bonds is 4. The third-order valence-electron chi connectivity index (χ3n) is 1.84. The first-order valence-corrected chi connectivity index (χ1v) is 4.31. The number of carbonyl (C=O) groups is 1. The van der Waals surface area contributed by atoms with E-state index in [0.29, 0.717) is 12.3 Å². The first-order valence-electron chi connectivity index (χ1n) is 4.31. The largest absolute Gasteiger partial charge is 0.346 e. The van der Waals surface area contributed by atoms with Gasteiger partial charge in [0.2, 0.25) is 5.91 Å². The predicted octanol–water partition coefficient (Wildman–Crippen LogP) is 1.90. The van der Waals surface area contributed by atoms with Crippen LogP contribution in [0.4, 0.5) is 0 Å². The minimum Gasteiger partial charge on any atom is -0.346 e. The summed E-state index contributed by atoms with van der Waals surface area (Å²) >= 11 is 0. The van der Waals surface area contributed by atoms with Gasteiger partial charge in [-0.2, -0.15) is 0 Å². The topological polar surface area (TPSA) is 20.3 Å². The minimum atomic E-state index is 0.265. The summed E-state index contributed by atoms with van der Waals surface area (Å²) in [6.07, 6.45) is 1.70. The molecule has 0 bridgehead atoms. The van der Waals surface area contributed by atoms with E-state index in [0.717, 1.165) is 13.0 Å². The zero-order valence-electron chi connectivity index (χ0n) is 8.05. The number of nitrogens with zero attached hydrogens (tertiary/aromatic N) is 1. The van der Waals surface area contributed by atoms with E-state index in [1.165, 1.54) is 0 Å². The fourth-order valence-corrected chi connectivity index (χ4v) is 0.779. The van der Waals surface area contributed by atoms with Gasteiger partial charge in [0.1, 0.15) is 0 Å². The van der Waals surface area contributed by atoms with E-state index in [2.05, 4.69) is 13.8 Å². The number of amides is 1. The van der Waals surface area contributed by atoms with Crippen LogP contribution in [0.3, 0.4) is 0 Å². The normalized spacial score (nSPS) is 10.3. The molecule has 0 saturated carbocycles. The van der Waals surface area contributed by atoms with Crippen LogP contribution in [-0.2, 0) is 4.79 Å². The molecule has 0 spiro atoms. The lowest BCUT2D eigenvalue weighted by molar-refractivity contribution is -0.129. The SMILES string of the molecule is CCN(C)C(=O)CCC(C)C. The Morgan fingerprint density at radius 2 is 2.00 bits per heavy atom. The summed E-state index contributed by atoms with van der Waals surface area (Å²) in [6, 6.07) is 0. The Hall–Kier alpha value is -0.530. The fraction of sp³-hybridized carbons (Fsp3) is 0.889. The monoisotopic (exact) mass is 157 g/mol. The molecule has 0 aliphatic rings. The lowest BCUT2D eigenvalue weighted by Gasteiger charge is -2.14. The molecule has 11 heavy (non-hydrogen) atoms. The maximum absolute atomic E-state index is 11.2. The molecular weight excluding hydrogens is 138 g/mol. The van der Waals surface area contributed by atoms with Gasteiger partial charge in [-0.1, -0.05) is 13.8 Å². The van der Waals surface area contributed by atoms with E-state index in [4.69, 9.17) is 0 Å². The predicted molar refractivity (Wildman–Crippen MR) is 47.4 cm³/mol. The van der Waals surface area contributed by atoms with Crippen molar-refractivity contribution in [2.75, 3.05) is 13.6 Å². The van der Waals surface area contributed by atoms with Crippen LogP contribution in [-0.4, -0.2) is 24.4 Å². The van der Waals surface area contributed by atoms with E-state index in [9.17, 15) is 4.79 Å². The number of hydrogen-bond donors (Lipinski definition) is 0. The van der Waals surface area contributed by atoms with Crippen LogP contribution >= 0.6 is 0 Å². The van der Waals surface area contributed by atoms with Gasteiger partial charge in [0.25, 0.3) is 0 Å². The van der Waals surface area contributed by atoms with E-state index in [-0.39, 0.29) is 5.91 Å². The van der Waals surface area contributed by atoms with Crippen molar-refractivity contribution < 1.29 is 4.79 Å². The van der Waals surface area contributed by atoms with Crippen molar-refractivity contribution in [3.05, 3.63) is 0 Å². The van der Waals surface area contributed by atoms with Gasteiger partial charge >= 0.3 is 0 Å². The van der Waals surface area contributed by atoms with Crippen molar-refractivity contribution in [3.63, 3.8) is 0 Å². The average Bonchev–Trinajstić information content (AvgIpc) is 1.98. The molecule has 0 heterocycles. The maximum Gasteiger partial charge on any atom is 0.222 e. The molecule has 0 aromatic heterocycles. The molecule has 0 unspecified atom stereocenters. The standard InChI is InChI=1S/C9H19NO/c1-5-10(4)9(11)7-6-8(2)3/h8H,5-7H2,1-4H3. The molecule has 0 aromatic rings. The van der Waals surface area contributed by atoms with E-state index in [1.54, 1.807) is 4.90 Å². The van der Waals surface area contributed by atoms with E-state index in [1.807, 2.05) is 14.0 Å². The van der Waals surface area contributed by atoms with Crippen LogP contribution in [0.5, 0.6) is 0 Å². The van der Waals surface area contributed by atoms with Gasteiger partial charge in [-0.05, 0) is 19.3 Å². The molecule has 0 aliphatic heterocycles. The number of carbonyl (C=O) groups excluding carboxylic acids is 1. The second-order valence-corrected chi connectivity index (χ2v) is 3.34. The van der Waals surface area contributed by atoms with E-state index < -0.39 is 0 Å². The van der Waals surface area contributed by atoms with Gasteiger partial charge in [-0.3, -0.25) is 4.79 Å². The summed E-state index contributed by atoms with van der Waals surface area (Å²) in [6.45, 7) is 7.09. The van der Waals surface area contributed by atoms with Crippen molar-refractivity contribution in [1.82, 2.24) is 4.90 Å². The Balaban J connectivity index is 3.52. The summed E-state index contributed by atoms with van der Waals surface area (Å²) in [5.41, 5.74) is 0. The third kappa shape index (κ3) is 4.82. The zero-order chi connectivity index (χ0) is 8.85. The van der Waals surface area contributed by atoms with Crippen LogP contribution in [0.25, 0.3) is 0 Å². The van der Waals surface area contributed by atoms with Gasteiger partial charge in [0, 0.05) is 20.0 Å². The molecule has 0 aromatic carbocycles. The molecular formula is C9H19NO. The van der Waals surface area contributed by atoms with Crippen molar-refractivity contribution in [2.45, 2.75) is 33.6 Å². The molecule has 66 valence electrons. The highest BCUT2D eigenvalue weighted by atomic mass is 16.2. The summed E-state index contributed by atoms with van der Waals surface area (Å²) in [5, 5.41) is 0.